The lowest BCUT2D eigenvalue weighted by atomic mass is 10.1. The molecule has 0 radical (unpaired) electrons. The Morgan fingerprint density at radius 2 is 2.00 bits per heavy atom. The zero-order chi connectivity index (χ0) is 18.7. The third-order valence-electron chi connectivity index (χ3n) is 4.05. The maximum atomic E-state index is 12.9. The number of amides is 1. The van der Waals surface area contributed by atoms with Crippen LogP contribution in [-0.2, 0) is 16.1 Å². The molecule has 0 saturated carbocycles. The zero-order valence-electron chi connectivity index (χ0n) is 15.4. The van der Waals surface area contributed by atoms with Crippen LogP contribution in [0.4, 0.5) is 11.5 Å². The van der Waals surface area contributed by atoms with Crippen LogP contribution in [0.25, 0.3) is 0 Å². The van der Waals surface area contributed by atoms with Gasteiger partial charge in [0.15, 0.2) is 5.69 Å². The van der Waals surface area contributed by atoms with Gasteiger partial charge in [-0.2, -0.15) is 0 Å². The molecule has 1 aromatic heterocycles. The zero-order valence-corrected chi connectivity index (χ0v) is 15.4. The van der Waals surface area contributed by atoms with Gasteiger partial charge in [-0.15, -0.1) is 0 Å². The highest BCUT2D eigenvalue weighted by molar-refractivity contribution is 5.98. The van der Waals surface area contributed by atoms with E-state index < -0.39 is 17.4 Å². The van der Waals surface area contributed by atoms with Crippen molar-refractivity contribution >= 4 is 17.4 Å². The van der Waals surface area contributed by atoms with E-state index in [1.807, 2.05) is 27.7 Å². The first-order valence-corrected chi connectivity index (χ1v) is 8.78. The fourth-order valence-corrected chi connectivity index (χ4v) is 2.99. The van der Waals surface area contributed by atoms with Crippen molar-refractivity contribution in [1.82, 2.24) is 9.55 Å². The van der Waals surface area contributed by atoms with Gasteiger partial charge in [0.2, 0.25) is 0 Å². The number of nitrogens with one attached hydrogen (secondary N) is 1. The summed E-state index contributed by atoms with van der Waals surface area (Å²) in [5, 5.41) is 0. The minimum Gasteiger partial charge on any atom is -0.383 e. The first-order valence-electron chi connectivity index (χ1n) is 8.78. The monoisotopic (exact) mass is 352 g/mol. The normalized spacial score (nSPS) is 17.4. The number of nitrogen functional groups attached to an aromatic ring is 1. The fourth-order valence-electron chi connectivity index (χ4n) is 2.99. The first-order chi connectivity index (χ1) is 11.7. The number of rotatable bonds is 6. The van der Waals surface area contributed by atoms with Crippen LogP contribution in [-0.4, -0.2) is 34.7 Å². The molecule has 0 aliphatic carbocycles. The Labute approximate surface area is 147 Å². The van der Waals surface area contributed by atoms with Crippen LogP contribution in [0.5, 0.6) is 0 Å². The van der Waals surface area contributed by atoms with Crippen LogP contribution in [0.1, 0.15) is 40.5 Å². The second-order valence-corrected chi connectivity index (χ2v) is 7.34. The van der Waals surface area contributed by atoms with E-state index in [0.29, 0.717) is 26.1 Å². The van der Waals surface area contributed by atoms with Gasteiger partial charge in [0.05, 0.1) is 0 Å². The summed E-state index contributed by atoms with van der Waals surface area (Å²) in [4.78, 5) is 41.2. The van der Waals surface area contributed by atoms with E-state index in [4.69, 9.17) is 10.5 Å². The minimum absolute atomic E-state index is 0.0226. The third kappa shape index (κ3) is 4.31. The first kappa shape index (κ1) is 19.2. The van der Waals surface area contributed by atoms with Gasteiger partial charge in [0.25, 0.3) is 11.5 Å². The highest BCUT2D eigenvalue weighted by Gasteiger charge is 2.32. The number of nitrogens with zero attached hydrogens (tertiary/aromatic N) is 2. The number of ether oxygens (including phenoxy) is 1. The molecule has 8 nitrogen and oxygen atoms in total. The Kier molecular flexibility index (Phi) is 6.05. The van der Waals surface area contributed by atoms with Gasteiger partial charge in [-0.3, -0.25) is 19.1 Å². The predicted octanol–water partition coefficient (Wildman–Crippen LogP) is 0.943. The smallest absolute Gasteiger partial charge is 0.330 e. The fraction of sp³-hybridized carbons (Fsp3) is 0.706. The summed E-state index contributed by atoms with van der Waals surface area (Å²) in [6, 6.07) is 0. The van der Waals surface area contributed by atoms with Crippen molar-refractivity contribution in [3.63, 3.8) is 0 Å². The Morgan fingerprint density at radius 1 is 1.32 bits per heavy atom. The van der Waals surface area contributed by atoms with Crippen molar-refractivity contribution in [3.8, 4) is 0 Å². The van der Waals surface area contributed by atoms with Crippen LogP contribution in [0, 0.1) is 11.8 Å². The molecule has 2 rings (SSSR count). The second kappa shape index (κ2) is 7.86. The number of hydrogen-bond donors (Lipinski definition) is 2. The van der Waals surface area contributed by atoms with Crippen LogP contribution in [0.15, 0.2) is 9.59 Å². The third-order valence-corrected chi connectivity index (χ3v) is 4.05. The van der Waals surface area contributed by atoms with Crippen molar-refractivity contribution in [2.24, 2.45) is 11.8 Å². The predicted molar refractivity (Wildman–Crippen MR) is 96.7 cm³/mol. The van der Waals surface area contributed by atoms with Gasteiger partial charge in [0.1, 0.15) is 11.9 Å². The number of nitrogens with two attached hydrogens (primary N) is 1. The summed E-state index contributed by atoms with van der Waals surface area (Å²) < 4.78 is 6.80. The largest absolute Gasteiger partial charge is 0.383 e. The van der Waals surface area contributed by atoms with Crippen molar-refractivity contribution in [3.05, 3.63) is 20.8 Å². The molecule has 2 heterocycles. The topological polar surface area (TPSA) is 110 Å². The Bertz CT molecular complexity index is 729. The molecular weight excluding hydrogens is 324 g/mol. The molecule has 1 saturated heterocycles. The van der Waals surface area contributed by atoms with Crippen molar-refractivity contribution in [2.75, 3.05) is 23.8 Å². The lowest BCUT2D eigenvalue weighted by molar-refractivity contribution is -0.127. The number of hydrogen-bond acceptors (Lipinski definition) is 5. The van der Waals surface area contributed by atoms with Gasteiger partial charge in [0, 0.05) is 19.7 Å². The Hall–Kier alpha value is -2.09. The summed E-state index contributed by atoms with van der Waals surface area (Å²) in [6.07, 6.45) is 0.865. The molecular formula is C17H28N4O4. The van der Waals surface area contributed by atoms with Gasteiger partial charge in [-0.05, 0) is 24.7 Å². The van der Waals surface area contributed by atoms with Crippen molar-refractivity contribution in [1.29, 1.82) is 0 Å². The SMILES string of the molecule is CC(C)CN(C(=O)[C@H]1CCCO1)c1c(N)n(CC(C)C)c(=O)[nH]c1=O. The molecule has 0 aromatic carbocycles. The van der Waals surface area contributed by atoms with Gasteiger partial charge in [-0.25, -0.2) is 4.79 Å². The van der Waals surface area contributed by atoms with Crippen LogP contribution < -0.4 is 21.9 Å². The molecule has 1 aliphatic heterocycles. The molecule has 1 amide bonds. The highest BCUT2D eigenvalue weighted by atomic mass is 16.5. The van der Waals surface area contributed by atoms with Crippen molar-refractivity contribution in [2.45, 2.75) is 53.2 Å². The van der Waals surface area contributed by atoms with E-state index in [1.165, 1.54) is 9.47 Å². The van der Waals surface area contributed by atoms with Gasteiger partial charge >= 0.3 is 5.69 Å². The molecule has 0 bridgehead atoms. The van der Waals surface area contributed by atoms with E-state index in [1.54, 1.807) is 0 Å². The van der Waals surface area contributed by atoms with Crippen LogP contribution in [0.2, 0.25) is 0 Å². The lowest BCUT2D eigenvalue weighted by Gasteiger charge is -2.28. The molecule has 1 aliphatic rings. The van der Waals surface area contributed by atoms with E-state index in [0.717, 1.165) is 6.42 Å². The summed E-state index contributed by atoms with van der Waals surface area (Å²) in [6.45, 7) is 9.00. The highest BCUT2D eigenvalue weighted by Crippen LogP contribution is 2.23. The number of carbonyl (C=O) groups is 1. The molecule has 25 heavy (non-hydrogen) atoms. The number of aromatic amines is 1. The van der Waals surface area contributed by atoms with Gasteiger partial charge in [-0.1, -0.05) is 27.7 Å². The quantitative estimate of drug-likeness (QED) is 0.792. The molecule has 3 N–H and O–H groups in total. The summed E-state index contributed by atoms with van der Waals surface area (Å²) >= 11 is 0. The van der Waals surface area contributed by atoms with Crippen molar-refractivity contribution < 1.29 is 9.53 Å². The second-order valence-electron chi connectivity index (χ2n) is 7.34. The van der Waals surface area contributed by atoms with E-state index >= 15 is 0 Å². The standard InChI is InChI=1S/C17H28N4O4/c1-10(2)8-20(16(23)12-6-5-7-25-12)13-14(18)21(9-11(3)4)17(24)19-15(13)22/h10-12H,5-9,18H2,1-4H3,(H,19,22,24)/t12-/m1/s1. The number of anilines is 2. The summed E-state index contributed by atoms with van der Waals surface area (Å²) in [7, 11) is 0. The Balaban J connectivity index is 2.54. The molecule has 1 fully saturated rings. The average Bonchev–Trinajstić information content (AvgIpc) is 3.03. The molecule has 8 heteroatoms. The average molecular weight is 352 g/mol. The number of H-pyrrole nitrogens is 1. The molecule has 0 unspecified atom stereocenters. The number of aromatic nitrogens is 2. The molecule has 0 spiro atoms. The van der Waals surface area contributed by atoms with E-state index in [2.05, 4.69) is 4.98 Å². The summed E-state index contributed by atoms with van der Waals surface area (Å²) in [5.74, 6) is 0.0217. The molecule has 140 valence electrons. The lowest BCUT2D eigenvalue weighted by Crippen LogP contribution is -2.46. The maximum Gasteiger partial charge on any atom is 0.330 e. The molecule has 1 aromatic rings. The van der Waals surface area contributed by atoms with E-state index in [-0.39, 0.29) is 29.2 Å². The van der Waals surface area contributed by atoms with Crippen LogP contribution in [0.3, 0.4) is 0 Å². The maximum absolute atomic E-state index is 12.9. The Morgan fingerprint density at radius 3 is 2.52 bits per heavy atom. The van der Waals surface area contributed by atoms with E-state index in [9.17, 15) is 14.4 Å². The minimum atomic E-state index is -0.644. The number of carbonyl (C=O) groups excluding carboxylic acids is 1. The molecule has 1 atom stereocenters. The van der Waals surface area contributed by atoms with Gasteiger partial charge < -0.3 is 15.4 Å². The van der Waals surface area contributed by atoms with Crippen LogP contribution >= 0.6 is 0 Å². The summed E-state index contributed by atoms with van der Waals surface area (Å²) in [5.41, 5.74) is 4.99.